The third kappa shape index (κ3) is 1.57. The van der Waals surface area contributed by atoms with Crippen molar-refractivity contribution in [3.63, 3.8) is 0 Å². The molecule has 0 radical (unpaired) electrons. The summed E-state index contributed by atoms with van der Waals surface area (Å²) >= 11 is 3.29. The molecule has 0 bridgehead atoms. The fourth-order valence-corrected chi connectivity index (χ4v) is 2.08. The lowest BCUT2D eigenvalue weighted by atomic mass is 9.91. The van der Waals surface area contributed by atoms with Crippen molar-refractivity contribution < 1.29 is 14.7 Å². The first-order chi connectivity index (χ1) is 7.52. The lowest BCUT2D eigenvalue weighted by Crippen LogP contribution is -2.28. The van der Waals surface area contributed by atoms with Gasteiger partial charge >= 0.3 is 5.97 Å². The number of halogens is 1. The molecule has 1 aromatic carbocycles. The van der Waals surface area contributed by atoms with Crippen LogP contribution < -0.4 is 0 Å². The molecule has 82 valence electrons. The van der Waals surface area contributed by atoms with E-state index in [1.165, 1.54) is 6.21 Å². The smallest absolute Gasteiger partial charge is 0.319 e. The van der Waals surface area contributed by atoms with Gasteiger partial charge in [-0.25, -0.2) is 0 Å². The summed E-state index contributed by atoms with van der Waals surface area (Å²) in [6.45, 7) is 1.77. The van der Waals surface area contributed by atoms with Crippen molar-refractivity contribution in [1.82, 2.24) is 0 Å². The highest BCUT2D eigenvalue weighted by Crippen LogP contribution is 2.35. The maximum Gasteiger partial charge on any atom is 0.319 e. The number of hydrogen-bond acceptors (Lipinski definition) is 3. The minimum absolute atomic E-state index is 0.393. The molecule has 1 aromatic rings. The molecule has 0 amide bonds. The summed E-state index contributed by atoms with van der Waals surface area (Å²) < 4.78 is 0.696. The summed E-state index contributed by atoms with van der Waals surface area (Å²) in [6.07, 6.45) is 1.18. The van der Waals surface area contributed by atoms with Crippen LogP contribution in [0.15, 0.2) is 21.6 Å². The van der Waals surface area contributed by atoms with E-state index in [1.807, 2.05) is 0 Å². The van der Waals surface area contributed by atoms with Gasteiger partial charge in [0.1, 0.15) is 0 Å². The van der Waals surface area contributed by atoms with Crippen LogP contribution in [0.5, 0.6) is 0 Å². The lowest BCUT2D eigenvalue weighted by molar-refractivity contribution is -0.137. The minimum Gasteiger partial charge on any atom is -0.480 e. The molecule has 1 heterocycles. The molecule has 0 aromatic heterocycles. The Morgan fingerprint density at radius 2 is 2.19 bits per heavy atom. The number of aryl methyl sites for hydroxylation is 1. The van der Waals surface area contributed by atoms with Gasteiger partial charge in [0, 0.05) is 16.3 Å². The largest absolute Gasteiger partial charge is 0.480 e. The van der Waals surface area contributed by atoms with Crippen LogP contribution in [0.4, 0.5) is 5.69 Å². The number of rotatable bonds is 1. The Labute approximate surface area is 100 Å². The highest BCUT2D eigenvalue weighted by Gasteiger charge is 2.32. The highest BCUT2D eigenvalue weighted by molar-refractivity contribution is 9.10. The van der Waals surface area contributed by atoms with Crippen LogP contribution in [0.3, 0.4) is 0 Å². The van der Waals surface area contributed by atoms with E-state index in [9.17, 15) is 9.59 Å². The van der Waals surface area contributed by atoms with Crippen LogP contribution >= 0.6 is 15.9 Å². The van der Waals surface area contributed by atoms with E-state index in [-0.39, 0.29) is 0 Å². The summed E-state index contributed by atoms with van der Waals surface area (Å²) in [5, 5.41) is 8.87. The van der Waals surface area contributed by atoms with E-state index < -0.39 is 17.7 Å². The monoisotopic (exact) mass is 281 g/mol. The number of carbonyl (C=O) groups is 2. The number of ketones is 1. The topological polar surface area (TPSA) is 66.7 Å². The molecule has 4 nitrogen and oxygen atoms in total. The van der Waals surface area contributed by atoms with E-state index >= 15 is 0 Å². The average Bonchev–Trinajstić information content (AvgIpc) is 2.23. The predicted octanol–water partition coefficient (Wildman–Crippen LogP) is 2.36. The molecule has 16 heavy (non-hydrogen) atoms. The fourth-order valence-electron chi connectivity index (χ4n) is 1.65. The maximum absolute atomic E-state index is 11.9. The molecule has 5 heteroatoms. The number of aliphatic imine (C=N–C) groups is 1. The fraction of sp³-hybridized carbons (Fsp3) is 0.182. The average molecular weight is 282 g/mol. The van der Waals surface area contributed by atoms with Gasteiger partial charge in [-0.1, -0.05) is 6.07 Å². The molecule has 0 fully saturated rings. The molecule has 0 saturated carbocycles. The molecule has 1 aliphatic rings. The van der Waals surface area contributed by atoms with Crippen LogP contribution in [0.1, 0.15) is 15.9 Å². The highest BCUT2D eigenvalue weighted by atomic mass is 79.9. The van der Waals surface area contributed by atoms with Crippen LogP contribution in [0, 0.1) is 12.8 Å². The standard InChI is InChI=1S/C11H8BrNO3/c1-5-2-3-7(12)9-8(5)10(14)6(4-13-9)11(15)16/h2-4,6H,1H3,(H,15,16). The summed E-state index contributed by atoms with van der Waals surface area (Å²) in [7, 11) is 0. The van der Waals surface area contributed by atoms with Crippen LogP contribution in [-0.2, 0) is 4.79 Å². The van der Waals surface area contributed by atoms with Crippen molar-refractivity contribution in [3.05, 3.63) is 27.7 Å². The molecular weight excluding hydrogens is 274 g/mol. The first-order valence-electron chi connectivity index (χ1n) is 4.62. The van der Waals surface area contributed by atoms with Gasteiger partial charge in [0.25, 0.3) is 0 Å². The Kier molecular flexibility index (Phi) is 2.63. The molecule has 1 unspecified atom stereocenters. The first-order valence-corrected chi connectivity index (χ1v) is 5.42. The van der Waals surface area contributed by atoms with E-state index in [4.69, 9.17) is 5.11 Å². The third-order valence-corrected chi connectivity index (χ3v) is 3.12. The van der Waals surface area contributed by atoms with E-state index in [0.717, 1.165) is 5.56 Å². The van der Waals surface area contributed by atoms with Gasteiger partial charge in [0.15, 0.2) is 11.7 Å². The van der Waals surface area contributed by atoms with E-state index in [0.29, 0.717) is 15.7 Å². The number of carboxylic acid groups (broad SMARTS) is 1. The molecule has 1 aliphatic heterocycles. The SMILES string of the molecule is Cc1ccc(Br)c2c1C(=O)C(C(=O)O)C=N2. The van der Waals surface area contributed by atoms with Gasteiger partial charge in [-0.2, -0.15) is 0 Å². The molecule has 0 saturated heterocycles. The zero-order chi connectivity index (χ0) is 11.9. The Hall–Kier alpha value is -1.49. The quantitative estimate of drug-likeness (QED) is 0.804. The number of nitrogens with zero attached hydrogens (tertiary/aromatic N) is 1. The van der Waals surface area contributed by atoms with Gasteiger partial charge in [0.05, 0.1) is 5.69 Å². The van der Waals surface area contributed by atoms with Crippen LogP contribution in [-0.4, -0.2) is 23.1 Å². The number of fused-ring (bicyclic) bond motifs is 1. The van der Waals surface area contributed by atoms with Crippen LogP contribution in [0.2, 0.25) is 0 Å². The number of aliphatic carboxylic acids is 1. The Bertz CT molecular complexity index is 522. The Balaban J connectivity index is 2.64. The molecule has 1 N–H and O–H groups in total. The third-order valence-electron chi connectivity index (χ3n) is 2.48. The second-order valence-corrected chi connectivity index (χ2v) is 4.40. The maximum atomic E-state index is 11.9. The molecule has 2 rings (SSSR count). The summed E-state index contributed by atoms with van der Waals surface area (Å²) in [5.41, 5.74) is 1.65. The summed E-state index contributed by atoms with van der Waals surface area (Å²) in [4.78, 5) is 26.8. The van der Waals surface area contributed by atoms with Gasteiger partial charge < -0.3 is 5.11 Å². The normalized spacial score (nSPS) is 18.4. The summed E-state index contributed by atoms with van der Waals surface area (Å²) in [6, 6.07) is 3.56. The van der Waals surface area contributed by atoms with Crippen molar-refractivity contribution in [2.24, 2.45) is 10.9 Å². The van der Waals surface area contributed by atoms with E-state index in [2.05, 4.69) is 20.9 Å². The molecular formula is C11H8BrNO3. The Morgan fingerprint density at radius 1 is 1.50 bits per heavy atom. The van der Waals surface area contributed by atoms with Gasteiger partial charge in [-0.3, -0.25) is 14.6 Å². The van der Waals surface area contributed by atoms with Gasteiger partial charge in [-0.05, 0) is 34.5 Å². The van der Waals surface area contributed by atoms with Crippen molar-refractivity contribution in [1.29, 1.82) is 0 Å². The predicted molar refractivity (Wildman–Crippen MR) is 62.5 cm³/mol. The zero-order valence-electron chi connectivity index (χ0n) is 8.40. The number of Topliss-reactive ketones (excluding diaryl/α,β-unsaturated/α-hetero) is 1. The van der Waals surface area contributed by atoms with Crippen molar-refractivity contribution in [3.8, 4) is 0 Å². The number of benzene rings is 1. The van der Waals surface area contributed by atoms with Crippen molar-refractivity contribution >= 4 is 39.6 Å². The molecule has 0 spiro atoms. The van der Waals surface area contributed by atoms with Gasteiger partial charge in [0.2, 0.25) is 0 Å². The second kappa shape index (κ2) is 3.83. The van der Waals surface area contributed by atoms with Crippen molar-refractivity contribution in [2.75, 3.05) is 0 Å². The molecule has 0 aliphatic carbocycles. The minimum atomic E-state index is -1.17. The Morgan fingerprint density at radius 3 is 2.81 bits per heavy atom. The number of carboxylic acids is 1. The van der Waals surface area contributed by atoms with Crippen LogP contribution in [0.25, 0.3) is 0 Å². The number of carbonyl (C=O) groups excluding carboxylic acids is 1. The summed E-state index contributed by atoms with van der Waals surface area (Å²) in [5.74, 6) is -2.74. The van der Waals surface area contributed by atoms with Crippen molar-refractivity contribution in [2.45, 2.75) is 6.92 Å². The second-order valence-electron chi connectivity index (χ2n) is 3.55. The molecule has 1 atom stereocenters. The number of hydrogen-bond donors (Lipinski definition) is 1. The first kappa shape index (κ1) is 11.0. The lowest BCUT2D eigenvalue weighted by Gasteiger charge is -2.17. The zero-order valence-corrected chi connectivity index (χ0v) is 9.98. The van der Waals surface area contributed by atoms with E-state index in [1.54, 1.807) is 19.1 Å². The van der Waals surface area contributed by atoms with Gasteiger partial charge in [-0.15, -0.1) is 0 Å².